The van der Waals surface area contributed by atoms with E-state index in [9.17, 15) is 9.59 Å². The number of carbonyl (C=O) groups is 2. The molecule has 1 rings (SSSR count). The minimum atomic E-state index is -0.579. The summed E-state index contributed by atoms with van der Waals surface area (Å²) in [6.07, 6.45) is 0.337. The smallest absolute Gasteiger partial charge is 0.358 e. The summed E-state index contributed by atoms with van der Waals surface area (Å²) in [4.78, 5) is 22.3. The Morgan fingerprint density at radius 3 is 2.69 bits per heavy atom. The second-order valence-electron chi connectivity index (χ2n) is 2.50. The molecule has 1 N–H and O–H groups in total. The first-order valence-electron chi connectivity index (χ1n) is 3.84. The number of hydrogen-bond donors (Lipinski definition) is 1. The molecule has 1 heterocycles. The SMILES string of the molecule is COC(=O)C1=C(OC)C(=O)CCN1. The molecule has 0 fully saturated rings. The number of Topliss-reactive ketones (excluding diaryl/α,β-unsaturated/α-hetero) is 1. The number of ether oxygens (including phenoxy) is 2. The van der Waals surface area contributed by atoms with Crippen molar-refractivity contribution in [2.75, 3.05) is 20.8 Å². The number of nitrogens with one attached hydrogen (secondary N) is 1. The molecule has 0 saturated heterocycles. The standard InChI is InChI=1S/C8H11NO4/c1-12-7-5(10)3-4-9-6(7)8(11)13-2/h9H,3-4H2,1-2H3. The van der Waals surface area contributed by atoms with Crippen molar-refractivity contribution in [3.63, 3.8) is 0 Å². The monoisotopic (exact) mass is 185 g/mol. The maximum Gasteiger partial charge on any atom is 0.358 e. The highest BCUT2D eigenvalue weighted by atomic mass is 16.5. The van der Waals surface area contributed by atoms with Crippen LogP contribution in [0.1, 0.15) is 6.42 Å². The molecule has 0 amide bonds. The van der Waals surface area contributed by atoms with Gasteiger partial charge >= 0.3 is 5.97 Å². The number of rotatable bonds is 2. The maximum absolute atomic E-state index is 11.2. The predicted octanol–water partition coefficient (Wildman–Crippen LogP) is -0.420. The first kappa shape index (κ1) is 9.57. The van der Waals surface area contributed by atoms with Crippen LogP contribution in [0.5, 0.6) is 0 Å². The van der Waals surface area contributed by atoms with E-state index in [1.165, 1.54) is 14.2 Å². The van der Waals surface area contributed by atoms with Gasteiger partial charge < -0.3 is 14.8 Å². The van der Waals surface area contributed by atoms with E-state index in [-0.39, 0.29) is 17.2 Å². The number of methoxy groups -OCH3 is 2. The molecule has 0 spiro atoms. The van der Waals surface area contributed by atoms with Crippen molar-refractivity contribution < 1.29 is 19.1 Å². The molecule has 1 aliphatic heterocycles. The van der Waals surface area contributed by atoms with Gasteiger partial charge in [0, 0.05) is 13.0 Å². The Morgan fingerprint density at radius 1 is 1.46 bits per heavy atom. The molecule has 0 radical (unpaired) electrons. The average Bonchev–Trinajstić information content (AvgIpc) is 2.16. The van der Waals surface area contributed by atoms with E-state index in [1.54, 1.807) is 0 Å². The zero-order chi connectivity index (χ0) is 9.84. The third-order valence-corrected chi connectivity index (χ3v) is 1.73. The lowest BCUT2D eigenvalue weighted by molar-refractivity contribution is -0.137. The molecule has 1 aliphatic rings. The lowest BCUT2D eigenvalue weighted by Gasteiger charge is -2.17. The van der Waals surface area contributed by atoms with Crippen LogP contribution in [-0.2, 0) is 19.1 Å². The first-order valence-corrected chi connectivity index (χ1v) is 3.84. The molecule has 5 heteroatoms. The fourth-order valence-electron chi connectivity index (χ4n) is 1.12. The molecule has 5 nitrogen and oxygen atoms in total. The Labute approximate surface area is 75.7 Å². The van der Waals surface area contributed by atoms with E-state index in [0.29, 0.717) is 13.0 Å². The quantitative estimate of drug-likeness (QED) is 0.592. The van der Waals surface area contributed by atoms with Crippen molar-refractivity contribution in [3.8, 4) is 0 Å². The maximum atomic E-state index is 11.2. The van der Waals surface area contributed by atoms with E-state index < -0.39 is 5.97 Å². The van der Waals surface area contributed by atoms with Crippen molar-refractivity contribution in [3.05, 3.63) is 11.5 Å². The summed E-state index contributed by atoms with van der Waals surface area (Å²) in [7, 11) is 2.60. The van der Waals surface area contributed by atoms with Gasteiger partial charge in [-0.25, -0.2) is 4.79 Å². The van der Waals surface area contributed by atoms with Gasteiger partial charge in [0.25, 0.3) is 0 Å². The van der Waals surface area contributed by atoms with E-state index in [4.69, 9.17) is 4.74 Å². The Bertz CT molecular complexity index is 269. The van der Waals surface area contributed by atoms with Crippen molar-refractivity contribution in [1.82, 2.24) is 5.32 Å². The summed E-state index contributed by atoms with van der Waals surface area (Å²) in [6.45, 7) is 0.441. The molecule has 0 aromatic rings. The first-order chi connectivity index (χ1) is 6.20. The van der Waals surface area contributed by atoms with Gasteiger partial charge in [-0.3, -0.25) is 4.79 Å². The summed E-state index contributed by atoms with van der Waals surface area (Å²) >= 11 is 0. The third-order valence-electron chi connectivity index (χ3n) is 1.73. The molecule has 13 heavy (non-hydrogen) atoms. The zero-order valence-corrected chi connectivity index (χ0v) is 7.55. The topological polar surface area (TPSA) is 64.6 Å². The highest BCUT2D eigenvalue weighted by Gasteiger charge is 2.26. The van der Waals surface area contributed by atoms with E-state index >= 15 is 0 Å². The van der Waals surface area contributed by atoms with E-state index in [0.717, 1.165) is 0 Å². The van der Waals surface area contributed by atoms with Crippen LogP contribution in [0.3, 0.4) is 0 Å². The number of ketones is 1. The summed E-state index contributed by atoms with van der Waals surface area (Å²) in [5.74, 6) is -0.704. The minimum absolute atomic E-state index is 0.0538. The molecular weight excluding hydrogens is 174 g/mol. The number of hydrogen-bond acceptors (Lipinski definition) is 5. The number of esters is 1. The van der Waals surface area contributed by atoms with E-state index in [2.05, 4.69) is 10.1 Å². The van der Waals surface area contributed by atoms with Crippen molar-refractivity contribution in [2.24, 2.45) is 0 Å². The largest absolute Gasteiger partial charge is 0.491 e. The molecule has 0 aliphatic carbocycles. The molecule has 0 bridgehead atoms. The molecular formula is C8H11NO4. The normalized spacial score (nSPS) is 16.6. The van der Waals surface area contributed by atoms with Gasteiger partial charge in [0.15, 0.2) is 11.5 Å². The Morgan fingerprint density at radius 2 is 2.15 bits per heavy atom. The lowest BCUT2D eigenvalue weighted by atomic mass is 10.1. The van der Waals surface area contributed by atoms with Crippen LogP contribution in [0, 0.1) is 0 Å². The van der Waals surface area contributed by atoms with Crippen LogP contribution in [0.4, 0.5) is 0 Å². The second kappa shape index (κ2) is 3.93. The fourth-order valence-corrected chi connectivity index (χ4v) is 1.12. The summed E-state index contributed by atoms with van der Waals surface area (Å²) in [5, 5.41) is 2.76. The Kier molecular flexibility index (Phi) is 2.89. The predicted molar refractivity (Wildman–Crippen MR) is 43.7 cm³/mol. The van der Waals surface area contributed by atoms with Gasteiger partial charge in [-0.2, -0.15) is 0 Å². The Balaban J connectivity index is 2.99. The van der Waals surface area contributed by atoms with Gasteiger partial charge in [-0.15, -0.1) is 0 Å². The van der Waals surface area contributed by atoms with Crippen LogP contribution in [0.15, 0.2) is 11.5 Å². The van der Waals surface area contributed by atoms with Gasteiger partial charge in [0.2, 0.25) is 5.78 Å². The van der Waals surface area contributed by atoms with Gasteiger partial charge in [-0.1, -0.05) is 0 Å². The highest BCUT2D eigenvalue weighted by molar-refractivity contribution is 6.03. The summed E-state index contributed by atoms with van der Waals surface area (Å²) < 4.78 is 9.28. The molecule has 0 aromatic carbocycles. The van der Waals surface area contributed by atoms with Gasteiger partial charge in [0.05, 0.1) is 14.2 Å². The van der Waals surface area contributed by atoms with Crippen LogP contribution in [0.2, 0.25) is 0 Å². The van der Waals surface area contributed by atoms with Crippen molar-refractivity contribution in [2.45, 2.75) is 6.42 Å². The van der Waals surface area contributed by atoms with Crippen LogP contribution in [0.25, 0.3) is 0 Å². The molecule has 0 saturated carbocycles. The molecule has 72 valence electrons. The number of allylic oxidation sites excluding steroid dienone is 1. The average molecular weight is 185 g/mol. The molecule has 0 unspecified atom stereocenters. The third kappa shape index (κ3) is 1.80. The van der Waals surface area contributed by atoms with Gasteiger partial charge in [0.1, 0.15) is 0 Å². The van der Waals surface area contributed by atoms with Crippen LogP contribution in [-0.4, -0.2) is 32.5 Å². The molecule has 0 aromatic heterocycles. The van der Waals surface area contributed by atoms with E-state index in [1.807, 2.05) is 0 Å². The van der Waals surface area contributed by atoms with Crippen molar-refractivity contribution >= 4 is 11.8 Å². The van der Waals surface area contributed by atoms with Crippen LogP contribution >= 0.6 is 0 Å². The fraction of sp³-hybridized carbons (Fsp3) is 0.500. The summed E-state index contributed by atoms with van der Waals surface area (Å²) in [5.41, 5.74) is 0.112. The highest BCUT2D eigenvalue weighted by Crippen LogP contribution is 2.12. The second-order valence-corrected chi connectivity index (χ2v) is 2.50. The summed E-state index contributed by atoms with van der Waals surface area (Å²) in [6, 6.07) is 0. The Hall–Kier alpha value is -1.52. The van der Waals surface area contributed by atoms with Gasteiger partial charge in [-0.05, 0) is 0 Å². The van der Waals surface area contributed by atoms with Crippen LogP contribution < -0.4 is 5.32 Å². The number of carbonyl (C=O) groups excluding carboxylic acids is 2. The molecule has 0 atom stereocenters. The minimum Gasteiger partial charge on any atom is -0.491 e. The lowest BCUT2D eigenvalue weighted by Crippen LogP contribution is -2.33. The van der Waals surface area contributed by atoms with Crippen molar-refractivity contribution in [1.29, 1.82) is 0 Å². The zero-order valence-electron chi connectivity index (χ0n) is 7.55.